The zero-order valence-electron chi connectivity index (χ0n) is 13.0. The highest BCUT2D eigenvalue weighted by Crippen LogP contribution is 2.21. The van der Waals surface area contributed by atoms with Crippen LogP contribution in [-0.2, 0) is 7.05 Å². The maximum absolute atomic E-state index is 11.0. The van der Waals surface area contributed by atoms with E-state index in [9.17, 15) is 10.1 Å². The topological polar surface area (TPSA) is 106 Å². The maximum atomic E-state index is 11.0. The monoisotopic (exact) mass is 328 g/mol. The lowest BCUT2D eigenvalue weighted by molar-refractivity contribution is -0.391. The Morgan fingerprint density at radius 3 is 2.96 bits per heavy atom. The first-order valence-electron chi connectivity index (χ1n) is 7.60. The van der Waals surface area contributed by atoms with E-state index in [0.29, 0.717) is 11.5 Å². The van der Waals surface area contributed by atoms with Crippen molar-refractivity contribution >= 4 is 23.1 Å². The third-order valence-corrected chi connectivity index (χ3v) is 4.10. The molecule has 1 aliphatic heterocycles. The molecule has 3 aromatic heterocycles. The largest absolute Gasteiger partial charge is 0.368 e. The normalized spacial score (nSPS) is 17.5. The third kappa shape index (κ3) is 2.51. The molecule has 3 aromatic rings. The van der Waals surface area contributed by atoms with E-state index in [1.165, 1.54) is 10.7 Å². The first kappa shape index (κ1) is 14.4. The molecule has 10 heteroatoms. The summed E-state index contributed by atoms with van der Waals surface area (Å²) in [6.45, 7) is 1.71. The average Bonchev–Trinajstić information content (AvgIpc) is 3.25. The van der Waals surface area contributed by atoms with Crippen molar-refractivity contribution in [3.8, 4) is 0 Å². The summed E-state index contributed by atoms with van der Waals surface area (Å²) in [6.07, 6.45) is 4.08. The number of rotatable bonds is 4. The molecule has 1 N–H and O–H groups in total. The molecule has 4 rings (SSSR count). The summed E-state index contributed by atoms with van der Waals surface area (Å²) < 4.78 is 3.03. The summed E-state index contributed by atoms with van der Waals surface area (Å²) in [5, 5.41) is 23.0. The van der Waals surface area contributed by atoms with Gasteiger partial charge in [-0.1, -0.05) is 9.61 Å². The Hall–Kier alpha value is -3.17. The predicted octanol–water partition coefficient (Wildman–Crippen LogP) is 1.06. The molecule has 1 atom stereocenters. The van der Waals surface area contributed by atoms with Gasteiger partial charge in [-0.2, -0.15) is 5.10 Å². The van der Waals surface area contributed by atoms with Crippen LogP contribution in [0.2, 0.25) is 0 Å². The summed E-state index contributed by atoms with van der Waals surface area (Å²) >= 11 is 0. The van der Waals surface area contributed by atoms with Gasteiger partial charge in [-0.25, -0.2) is 4.98 Å². The fourth-order valence-electron chi connectivity index (χ4n) is 2.93. The van der Waals surface area contributed by atoms with Gasteiger partial charge in [-0.3, -0.25) is 4.68 Å². The van der Waals surface area contributed by atoms with Crippen LogP contribution in [-0.4, -0.2) is 48.4 Å². The molecule has 0 radical (unpaired) electrons. The van der Waals surface area contributed by atoms with Crippen molar-refractivity contribution in [3.63, 3.8) is 0 Å². The first-order valence-corrected chi connectivity index (χ1v) is 7.60. The molecule has 0 aliphatic carbocycles. The van der Waals surface area contributed by atoms with Crippen LogP contribution in [0.4, 0.5) is 17.5 Å². The van der Waals surface area contributed by atoms with E-state index in [2.05, 4.69) is 25.4 Å². The van der Waals surface area contributed by atoms with Crippen molar-refractivity contribution < 1.29 is 4.92 Å². The third-order valence-electron chi connectivity index (χ3n) is 4.10. The van der Waals surface area contributed by atoms with Crippen molar-refractivity contribution in [1.29, 1.82) is 0 Å². The maximum Gasteiger partial charge on any atom is 0.368 e. The minimum Gasteiger partial charge on any atom is -0.362 e. The molecule has 4 heterocycles. The van der Waals surface area contributed by atoms with E-state index in [0.717, 1.165) is 25.3 Å². The van der Waals surface area contributed by atoms with Gasteiger partial charge in [0.15, 0.2) is 11.6 Å². The van der Waals surface area contributed by atoms with Gasteiger partial charge in [0, 0.05) is 44.5 Å². The van der Waals surface area contributed by atoms with Crippen LogP contribution in [0.25, 0.3) is 5.65 Å². The lowest BCUT2D eigenvalue weighted by atomic mass is 10.2. The Labute approximate surface area is 136 Å². The number of fused-ring (bicyclic) bond motifs is 1. The van der Waals surface area contributed by atoms with Crippen LogP contribution in [0.1, 0.15) is 6.42 Å². The van der Waals surface area contributed by atoms with E-state index in [1.807, 2.05) is 19.3 Å². The fourth-order valence-corrected chi connectivity index (χ4v) is 2.93. The Morgan fingerprint density at radius 2 is 2.21 bits per heavy atom. The van der Waals surface area contributed by atoms with Crippen molar-refractivity contribution in [1.82, 2.24) is 24.4 Å². The number of anilines is 2. The second-order valence-electron chi connectivity index (χ2n) is 5.79. The van der Waals surface area contributed by atoms with Crippen LogP contribution in [0.15, 0.2) is 30.6 Å². The molecular weight excluding hydrogens is 312 g/mol. The van der Waals surface area contributed by atoms with Gasteiger partial charge in [0.2, 0.25) is 5.65 Å². The molecule has 0 aromatic carbocycles. The van der Waals surface area contributed by atoms with Gasteiger partial charge in [0.25, 0.3) is 0 Å². The second-order valence-corrected chi connectivity index (χ2v) is 5.79. The molecule has 1 aliphatic rings. The van der Waals surface area contributed by atoms with Crippen LogP contribution in [0, 0.1) is 10.1 Å². The van der Waals surface area contributed by atoms with E-state index < -0.39 is 4.92 Å². The van der Waals surface area contributed by atoms with Crippen LogP contribution < -0.4 is 10.2 Å². The molecule has 0 spiro atoms. The molecule has 0 amide bonds. The summed E-state index contributed by atoms with van der Waals surface area (Å²) in [4.78, 5) is 16.7. The summed E-state index contributed by atoms with van der Waals surface area (Å²) in [7, 11) is 1.90. The van der Waals surface area contributed by atoms with Crippen LogP contribution >= 0.6 is 0 Å². The van der Waals surface area contributed by atoms with Crippen molar-refractivity contribution in [2.75, 3.05) is 23.3 Å². The van der Waals surface area contributed by atoms with Gasteiger partial charge in [0.1, 0.15) is 6.20 Å². The molecule has 1 saturated heterocycles. The van der Waals surface area contributed by atoms with Crippen molar-refractivity contribution in [2.45, 2.75) is 12.5 Å². The molecular formula is C14H16N8O2. The van der Waals surface area contributed by atoms with E-state index in [4.69, 9.17) is 0 Å². The highest BCUT2D eigenvalue weighted by Gasteiger charge is 2.25. The molecule has 0 saturated carbocycles. The highest BCUT2D eigenvalue weighted by molar-refractivity contribution is 5.49. The Kier molecular flexibility index (Phi) is 3.29. The van der Waals surface area contributed by atoms with E-state index in [-0.39, 0.29) is 11.9 Å². The zero-order chi connectivity index (χ0) is 16.7. The van der Waals surface area contributed by atoms with Gasteiger partial charge in [0.05, 0.1) is 0 Å². The minimum absolute atomic E-state index is 0.143. The predicted molar refractivity (Wildman–Crippen MR) is 87.1 cm³/mol. The summed E-state index contributed by atoms with van der Waals surface area (Å²) in [5.41, 5.74) is 0.453. The molecule has 0 bridgehead atoms. The standard InChI is InChI=1S/C14H16N8O2/c1-19-6-5-13(18-19)20-7-4-10(9-20)16-11-2-3-12-15-8-14(22(23)24)21(12)17-11/h2-3,5-6,8,10H,4,7,9H2,1H3,(H,16,17). The lowest BCUT2D eigenvalue weighted by Crippen LogP contribution is -2.26. The number of hydrogen-bond donors (Lipinski definition) is 1. The SMILES string of the molecule is Cn1ccc(N2CCC(Nc3ccc4ncc([N+](=O)[O-])n4n3)C2)n1. The highest BCUT2D eigenvalue weighted by atomic mass is 16.6. The second kappa shape index (κ2) is 5.48. The van der Waals surface area contributed by atoms with Crippen molar-refractivity contribution in [2.24, 2.45) is 7.05 Å². The molecule has 24 heavy (non-hydrogen) atoms. The summed E-state index contributed by atoms with van der Waals surface area (Å²) in [6, 6.07) is 5.70. The number of nitro groups is 1. The molecule has 10 nitrogen and oxygen atoms in total. The number of hydrogen-bond acceptors (Lipinski definition) is 7. The fraction of sp³-hybridized carbons (Fsp3) is 0.357. The van der Waals surface area contributed by atoms with E-state index >= 15 is 0 Å². The average molecular weight is 328 g/mol. The number of nitrogens with one attached hydrogen (secondary N) is 1. The Morgan fingerprint density at radius 1 is 1.33 bits per heavy atom. The van der Waals surface area contributed by atoms with Crippen molar-refractivity contribution in [3.05, 3.63) is 40.7 Å². The van der Waals surface area contributed by atoms with Crippen LogP contribution in [0.3, 0.4) is 0 Å². The van der Waals surface area contributed by atoms with Gasteiger partial charge in [-0.15, -0.1) is 0 Å². The van der Waals surface area contributed by atoms with Gasteiger partial charge < -0.3 is 20.3 Å². The molecule has 1 unspecified atom stereocenters. The quantitative estimate of drug-likeness (QED) is 0.564. The molecule has 1 fully saturated rings. The lowest BCUT2D eigenvalue weighted by Gasteiger charge is -2.16. The minimum atomic E-state index is -0.491. The summed E-state index contributed by atoms with van der Waals surface area (Å²) in [5.74, 6) is 1.40. The number of aryl methyl sites for hydroxylation is 1. The van der Waals surface area contributed by atoms with E-state index in [1.54, 1.807) is 16.8 Å². The Bertz CT molecular complexity index is 901. The van der Waals surface area contributed by atoms with Crippen LogP contribution in [0.5, 0.6) is 0 Å². The smallest absolute Gasteiger partial charge is 0.362 e. The van der Waals surface area contributed by atoms with Gasteiger partial charge >= 0.3 is 5.82 Å². The number of nitrogens with zero attached hydrogens (tertiary/aromatic N) is 7. The Balaban J connectivity index is 1.50. The zero-order valence-corrected chi connectivity index (χ0v) is 13.0. The number of aromatic nitrogens is 5. The number of imidazole rings is 1. The van der Waals surface area contributed by atoms with Gasteiger partial charge in [-0.05, 0) is 17.4 Å². The first-order chi connectivity index (χ1) is 11.6. The molecule has 124 valence electrons.